The van der Waals surface area contributed by atoms with Crippen LogP contribution in [0.25, 0.3) is 11.1 Å². The van der Waals surface area contributed by atoms with Gasteiger partial charge in [-0.15, -0.1) is 0 Å². The predicted molar refractivity (Wildman–Crippen MR) is 88.9 cm³/mol. The maximum Gasteiger partial charge on any atom is 0.420 e. The van der Waals surface area contributed by atoms with Gasteiger partial charge in [-0.3, -0.25) is 9.36 Å². The summed E-state index contributed by atoms with van der Waals surface area (Å²) in [6.07, 6.45) is 0.688. The van der Waals surface area contributed by atoms with Crippen LogP contribution in [0.5, 0.6) is 0 Å². The Bertz CT molecular complexity index is 810. The minimum atomic E-state index is -0.768. The van der Waals surface area contributed by atoms with E-state index in [-0.39, 0.29) is 12.5 Å². The maximum absolute atomic E-state index is 12.3. The van der Waals surface area contributed by atoms with Gasteiger partial charge in [0.05, 0.1) is 12.6 Å². The third-order valence-electron chi connectivity index (χ3n) is 3.92. The van der Waals surface area contributed by atoms with Gasteiger partial charge < -0.3 is 14.5 Å². The molecule has 0 aliphatic heterocycles. The molecule has 0 aliphatic rings. The predicted octanol–water partition coefficient (Wildman–Crippen LogP) is 1.95. The molecule has 1 aromatic carbocycles. The molecule has 130 valence electrons. The van der Waals surface area contributed by atoms with Gasteiger partial charge in [0.15, 0.2) is 5.58 Å². The topological polar surface area (TPSA) is 90.5 Å². The Morgan fingerprint density at radius 1 is 1.42 bits per heavy atom. The molecule has 1 N–H and O–H groups in total. The van der Waals surface area contributed by atoms with Crippen molar-refractivity contribution in [3.63, 3.8) is 0 Å². The SMILES string of the molecule is CC[C@H](C)[C@H](NC(=O)Cn1c(=O)oc2cc(Cl)ccc21)C(=O)OC. The lowest BCUT2D eigenvalue weighted by atomic mass is 9.99. The average molecular weight is 355 g/mol. The van der Waals surface area contributed by atoms with Crippen molar-refractivity contribution < 1.29 is 18.7 Å². The third-order valence-corrected chi connectivity index (χ3v) is 4.15. The molecular formula is C16H19ClN2O5. The van der Waals surface area contributed by atoms with Gasteiger partial charge in [0.2, 0.25) is 5.91 Å². The summed E-state index contributed by atoms with van der Waals surface area (Å²) < 4.78 is 11.0. The second-order valence-corrected chi connectivity index (χ2v) is 5.96. The highest BCUT2D eigenvalue weighted by molar-refractivity contribution is 6.31. The van der Waals surface area contributed by atoms with Gasteiger partial charge in [0, 0.05) is 11.1 Å². The van der Waals surface area contributed by atoms with Crippen molar-refractivity contribution in [2.75, 3.05) is 7.11 Å². The summed E-state index contributed by atoms with van der Waals surface area (Å²) in [4.78, 5) is 36.0. The molecule has 1 heterocycles. The number of hydrogen-bond acceptors (Lipinski definition) is 5. The van der Waals surface area contributed by atoms with E-state index in [1.807, 2.05) is 13.8 Å². The van der Waals surface area contributed by atoms with Crippen LogP contribution in [0.1, 0.15) is 20.3 Å². The zero-order valence-corrected chi connectivity index (χ0v) is 14.4. The number of rotatable bonds is 6. The first-order chi connectivity index (χ1) is 11.4. The minimum Gasteiger partial charge on any atom is -0.467 e. The highest BCUT2D eigenvalue weighted by Crippen LogP contribution is 2.18. The number of benzene rings is 1. The van der Waals surface area contributed by atoms with Crippen molar-refractivity contribution in [2.24, 2.45) is 5.92 Å². The number of nitrogens with one attached hydrogen (secondary N) is 1. The molecule has 0 aliphatic carbocycles. The quantitative estimate of drug-likeness (QED) is 0.801. The third kappa shape index (κ3) is 3.79. The monoisotopic (exact) mass is 354 g/mol. The van der Waals surface area contributed by atoms with Crippen molar-refractivity contribution >= 4 is 34.6 Å². The zero-order valence-electron chi connectivity index (χ0n) is 13.7. The van der Waals surface area contributed by atoms with E-state index >= 15 is 0 Å². The molecule has 0 radical (unpaired) electrons. The van der Waals surface area contributed by atoms with Gasteiger partial charge >= 0.3 is 11.7 Å². The fourth-order valence-electron chi connectivity index (χ4n) is 2.35. The molecule has 8 heteroatoms. The van der Waals surface area contributed by atoms with E-state index < -0.39 is 23.7 Å². The standard InChI is InChI=1S/C16H19ClN2O5/c1-4-9(2)14(15(21)23-3)18-13(20)8-19-11-6-5-10(17)7-12(11)24-16(19)22/h5-7,9,14H,4,8H2,1-3H3,(H,18,20)/t9-,14-/m0/s1. The minimum absolute atomic E-state index is 0.0991. The van der Waals surface area contributed by atoms with Crippen LogP contribution in [0.4, 0.5) is 0 Å². The number of ether oxygens (including phenoxy) is 1. The van der Waals surface area contributed by atoms with E-state index in [0.717, 1.165) is 0 Å². The van der Waals surface area contributed by atoms with Crippen LogP contribution in [0.15, 0.2) is 27.4 Å². The Morgan fingerprint density at radius 3 is 2.75 bits per heavy atom. The Labute approximate surface area is 143 Å². The number of aromatic nitrogens is 1. The van der Waals surface area contributed by atoms with E-state index in [1.54, 1.807) is 12.1 Å². The lowest BCUT2D eigenvalue weighted by Crippen LogP contribution is -2.47. The van der Waals surface area contributed by atoms with E-state index in [9.17, 15) is 14.4 Å². The van der Waals surface area contributed by atoms with E-state index in [0.29, 0.717) is 22.5 Å². The summed E-state index contributed by atoms with van der Waals surface area (Å²) in [5, 5.41) is 3.05. The highest BCUT2D eigenvalue weighted by Gasteiger charge is 2.27. The van der Waals surface area contributed by atoms with Crippen LogP contribution in [0.3, 0.4) is 0 Å². The lowest BCUT2D eigenvalue weighted by Gasteiger charge is -2.21. The Hall–Kier alpha value is -2.28. The van der Waals surface area contributed by atoms with E-state index in [1.165, 1.54) is 17.7 Å². The summed E-state index contributed by atoms with van der Waals surface area (Å²) in [7, 11) is 1.27. The van der Waals surface area contributed by atoms with Crippen LogP contribution >= 0.6 is 11.6 Å². The van der Waals surface area contributed by atoms with Gasteiger partial charge in [0.25, 0.3) is 0 Å². The molecule has 1 aromatic heterocycles. The van der Waals surface area contributed by atoms with Crippen molar-refractivity contribution in [3.05, 3.63) is 33.8 Å². The zero-order chi connectivity index (χ0) is 17.9. The molecule has 0 saturated carbocycles. The molecule has 0 bridgehead atoms. The van der Waals surface area contributed by atoms with Crippen LogP contribution in [0, 0.1) is 5.92 Å². The molecule has 0 spiro atoms. The molecule has 0 fully saturated rings. The van der Waals surface area contributed by atoms with E-state index in [4.69, 9.17) is 20.8 Å². The number of methoxy groups -OCH3 is 1. The molecule has 24 heavy (non-hydrogen) atoms. The number of fused-ring (bicyclic) bond motifs is 1. The van der Waals surface area contributed by atoms with Crippen molar-refractivity contribution in [3.8, 4) is 0 Å². The Kier molecular flexibility index (Phi) is 5.66. The summed E-state index contributed by atoms with van der Waals surface area (Å²) in [5.41, 5.74) is 0.754. The fourth-order valence-corrected chi connectivity index (χ4v) is 2.51. The number of hydrogen-bond donors (Lipinski definition) is 1. The number of amides is 1. The van der Waals surface area contributed by atoms with Crippen LogP contribution < -0.4 is 11.1 Å². The molecule has 7 nitrogen and oxygen atoms in total. The largest absolute Gasteiger partial charge is 0.467 e. The summed E-state index contributed by atoms with van der Waals surface area (Å²) in [5.74, 6) is -1.77. The normalized spacial score (nSPS) is 13.5. The van der Waals surface area contributed by atoms with Gasteiger partial charge in [-0.25, -0.2) is 9.59 Å². The molecule has 2 aromatic rings. The van der Waals surface area contributed by atoms with Crippen molar-refractivity contribution in [1.82, 2.24) is 9.88 Å². The van der Waals surface area contributed by atoms with Gasteiger partial charge in [-0.1, -0.05) is 31.9 Å². The number of oxazole rings is 1. The first kappa shape index (κ1) is 18.1. The maximum atomic E-state index is 12.3. The number of esters is 1. The first-order valence-corrected chi connectivity index (χ1v) is 7.91. The second kappa shape index (κ2) is 7.53. The van der Waals surface area contributed by atoms with Gasteiger partial charge in [-0.2, -0.15) is 0 Å². The molecular weight excluding hydrogens is 336 g/mol. The Morgan fingerprint density at radius 2 is 2.12 bits per heavy atom. The number of carbonyl (C=O) groups is 2. The molecule has 1 amide bonds. The summed E-state index contributed by atoms with van der Waals surface area (Å²) in [6, 6.07) is 3.94. The van der Waals surface area contributed by atoms with Gasteiger partial charge in [-0.05, 0) is 18.1 Å². The summed E-state index contributed by atoms with van der Waals surface area (Å²) >= 11 is 5.85. The first-order valence-electron chi connectivity index (χ1n) is 7.53. The molecule has 0 unspecified atom stereocenters. The molecule has 0 saturated heterocycles. The molecule has 2 rings (SSSR count). The van der Waals surface area contributed by atoms with E-state index in [2.05, 4.69) is 5.32 Å². The van der Waals surface area contributed by atoms with Crippen LogP contribution in [-0.2, 0) is 20.9 Å². The highest BCUT2D eigenvalue weighted by atomic mass is 35.5. The Balaban J connectivity index is 2.21. The lowest BCUT2D eigenvalue weighted by molar-refractivity contribution is -0.146. The van der Waals surface area contributed by atoms with Crippen LogP contribution in [-0.4, -0.2) is 29.6 Å². The number of nitrogens with zero attached hydrogens (tertiary/aromatic N) is 1. The number of halogens is 1. The van der Waals surface area contributed by atoms with Gasteiger partial charge in [0.1, 0.15) is 12.6 Å². The fraction of sp³-hybridized carbons (Fsp3) is 0.438. The average Bonchev–Trinajstić information content (AvgIpc) is 2.85. The summed E-state index contributed by atoms with van der Waals surface area (Å²) in [6.45, 7) is 3.48. The second-order valence-electron chi connectivity index (χ2n) is 5.52. The van der Waals surface area contributed by atoms with Crippen LogP contribution in [0.2, 0.25) is 5.02 Å². The number of carbonyl (C=O) groups excluding carboxylic acids is 2. The molecule has 2 atom stereocenters. The smallest absolute Gasteiger partial charge is 0.420 e. The van der Waals surface area contributed by atoms with Crippen molar-refractivity contribution in [2.45, 2.75) is 32.9 Å². The van der Waals surface area contributed by atoms with Crippen molar-refractivity contribution in [1.29, 1.82) is 0 Å².